The van der Waals surface area contributed by atoms with Crippen LogP contribution in [0.4, 0.5) is 52.7 Å². The summed E-state index contributed by atoms with van der Waals surface area (Å²) in [5.41, 5.74) is 2.59. The zero-order chi connectivity index (χ0) is 79.3. The van der Waals surface area contributed by atoms with Crippen LogP contribution in [0.2, 0.25) is 0 Å². The van der Waals surface area contributed by atoms with E-state index < -0.39 is 86.6 Å². The van der Waals surface area contributed by atoms with Gasteiger partial charge in [0.25, 0.3) is 0 Å². The molecule has 3 radical (unpaired) electrons. The third kappa shape index (κ3) is 30.1. The van der Waals surface area contributed by atoms with Gasteiger partial charge in [0, 0.05) is 185 Å². The molecule has 0 fully saturated rings. The summed E-state index contributed by atoms with van der Waals surface area (Å²) in [5, 5.41) is 24.9. The molecule has 0 unspecified atom stereocenters. The van der Waals surface area contributed by atoms with Crippen molar-refractivity contribution in [2.45, 2.75) is 61.5 Å². The van der Waals surface area contributed by atoms with E-state index >= 15 is 0 Å². The Bertz CT molecular complexity index is 4870. The fourth-order valence-electron chi connectivity index (χ4n) is 8.21. The van der Waals surface area contributed by atoms with Crippen molar-refractivity contribution >= 4 is 17.5 Å². The minimum Gasteiger partial charge on any atom is -0.477 e. The van der Waals surface area contributed by atoms with Crippen molar-refractivity contribution in [3.63, 3.8) is 0 Å². The van der Waals surface area contributed by atoms with Crippen LogP contribution in [0.3, 0.4) is 0 Å². The number of aryl methyl sites for hydroxylation is 2. The number of rotatable bonds is 10. The van der Waals surface area contributed by atoms with Crippen molar-refractivity contribution in [3.8, 4) is 50.8 Å². The van der Waals surface area contributed by atoms with Crippen LogP contribution in [0.15, 0.2) is 214 Å². The maximum atomic E-state index is 13.4. The number of carbonyl (C=O) groups is 3. The first kappa shape index (κ1) is 91.8. The Morgan fingerprint density at radius 2 is 0.955 bits per heavy atom. The summed E-state index contributed by atoms with van der Waals surface area (Å²) < 4.78 is 168. The minimum absolute atomic E-state index is 0. The molecule has 6 aromatic carbocycles. The van der Waals surface area contributed by atoms with Crippen LogP contribution in [-0.4, -0.2) is 62.1 Å². The second kappa shape index (κ2) is 45.4. The van der Waals surface area contributed by atoms with Gasteiger partial charge in [0.2, 0.25) is 0 Å². The van der Waals surface area contributed by atoms with Crippen LogP contribution in [-0.2, 0) is 83.6 Å². The van der Waals surface area contributed by atoms with E-state index in [0.29, 0.717) is 22.6 Å². The predicted molar refractivity (Wildman–Crippen MR) is 369 cm³/mol. The summed E-state index contributed by atoms with van der Waals surface area (Å²) in [7, 11) is 1.76. The van der Waals surface area contributed by atoms with Gasteiger partial charge in [-0.1, -0.05) is 118 Å². The third-order valence-corrected chi connectivity index (χ3v) is 13.8. The van der Waals surface area contributed by atoms with E-state index in [1.807, 2.05) is 41.5 Å². The van der Waals surface area contributed by atoms with Crippen molar-refractivity contribution in [2.75, 3.05) is 0 Å². The number of carboxylic acid groups (broad SMARTS) is 1. The van der Waals surface area contributed by atoms with Crippen molar-refractivity contribution in [2.24, 2.45) is 17.9 Å². The Morgan fingerprint density at radius 1 is 0.491 bits per heavy atom. The molecule has 7 aromatic heterocycles. The summed E-state index contributed by atoms with van der Waals surface area (Å²) in [6, 6.07) is 47.6. The van der Waals surface area contributed by atoms with Crippen molar-refractivity contribution < 1.29 is 148 Å². The number of carbonyl (C=O) groups excluding carboxylic acids is 2. The zero-order valence-corrected chi connectivity index (χ0v) is 66.1. The van der Waals surface area contributed by atoms with Gasteiger partial charge in [-0.15, -0.1) is 89.7 Å². The Morgan fingerprint density at radius 3 is 1.35 bits per heavy atom. The molecule has 30 heteroatoms. The molecule has 0 aliphatic carbocycles. The molecule has 581 valence electrons. The Labute approximate surface area is 667 Å². The molecule has 0 aliphatic heterocycles. The van der Waals surface area contributed by atoms with Gasteiger partial charge in [-0.2, -0.15) is 15.8 Å². The second-order valence-electron chi connectivity index (χ2n) is 24.0. The molecule has 0 atom stereocenters. The van der Waals surface area contributed by atoms with Crippen molar-refractivity contribution in [1.29, 1.82) is 0 Å². The first-order chi connectivity index (χ1) is 51.3. The summed E-state index contributed by atoms with van der Waals surface area (Å²) in [4.78, 5) is 48.6. The largest absolute Gasteiger partial charge is 0.477 e. The maximum Gasteiger partial charge on any atom is 0.354 e. The molecule has 0 saturated heterocycles. The van der Waals surface area contributed by atoms with E-state index in [-0.39, 0.29) is 131 Å². The van der Waals surface area contributed by atoms with Gasteiger partial charge in [0.15, 0.2) is 19.4 Å². The van der Waals surface area contributed by atoms with Gasteiger partial charge in [-0.05, 0) is 77.7 Å². The molecule has 0 saturated carbocycles. The number of aromatic carboxylic acids is 1. The fraction of sp³-hybridized carbons (Fsp3) is 0.150. The maximum absolute atomic E-state index is 13.4. The molecule has 0 spiro atoms. The normalized spacial score (nSPS) is 10.3. The molecular weight excluding hydrogens is 1990 g/mol. The number of benzene rings is 6. The number of aromatic nitrogens is 10. The van der Waals surface area contributed by atoms with E-state index in [1.54, 1.807) is 109 Å². The van der Waals surface area contributed by atoms with Crippen molar-refractivity contribution in [3.05, 3.63) is 337 Å². The monoisotopic (exact) mass is 2050 g/mol. The Hall–Kier alpha value is -10.6. The van der Waals surface area contributed by atoms with Crippen LogP contribution in [0.1, 0.15) is 70.9 Å². The first-order valence-electron chi connectivity index (χ1n) is 32.1. The summed E-state index contributed by atoms with van der Waals surface area (Å²) >= 11 is 0. The molecule has 0 amide bonds. The molecule has 7 heterocycles. The number of aliphatic hydroxyl groups is 1. The SMILES string of the molecule is CC(C)(C)C(=O)CC(=O)C(C)(C)C.C[n+]1cccn1-c1[c-]cc(F)cc1F.Fc1c[c-]c(-[n+]2ccc[n-]2)c(F)c1.Fc1c[c-]c(-c2ccccn2)c(F)c1.Fc1c[c-]c(-n2cccn2)c(F)c1.O=C(O)c1ccccn1.OCc1ccnc(-c2[c-]cc(F)cc2F)c1.[2H]Cc1ccnc(-c2[c-]cc(F)cc2F)c1.[Ir].[Ir].[Ir]. The van der Waals surface area contributed by atoms with Gasteiger partial charge in [-0.25, -0.2) is 9.78 Å². The fourth-order valence-corrected chi connectivity index (χ4v) is 8.21. The number of Topliss-reactive ketones (excluding diaryl/α,β-unsaturated/α-hetero) is 2. The quantitative estimate of drug-likeness (QED) is 0.0574. The van der Waals surface area contributed by atoms with Crippen LogP contribution >= 0.6 is 0 Å². The van der Waals surface area contributed by atoms with E-state index in [0.717, 1.165) is 78.4 Å². The van der Waals surface area contributed by atoms with Gasteiger partial charge in [0.05, 0.1) is 25.0 Å². The summed E-state index contributed by atoms with van der Waals surface area (Å²) in [6.45, 7) is 11.0. The van der Waals surface area contributed by atoms with Gasteiger partial charge in [0.1, 0.15) is 22.9 Å². The molecular formula is C80H65F12Ir3N10O5-5. The summed E-state index contributed by atoms with van der Waals surface area (Å²) in [6.07, 6.45) is 15.6. The number of halogens is 12. The number of ketones is 2. The number of nitrogens with zero attached hydrogens (tertiary/aromatic N) is 10. The number of hydrogen-bond donors (Lipinski definition) is 2. The van der Waals surface area contributed by atoms with Crippen LogP contribution in [0.25, 0.3) is 50.8 Å². The molecule has 15 nitrogen and oxygen atoms in total. The van der Waals surface area contributed by atoms with Crippen molar-refractivity contribution in [1.82, 2.24) is 39.5 Å². The number of aliphatic hydroxyl groups excluding tert-OH is 1. The van der Waals surface area contributed by atoms with E-state index in [2.05, 4.69) is 66.5 Å². The number of hydrogen-bond acceptors (Lipinski definition) is 9. The van der Waals surface area contributed by atoms with Gasteiger partial charge in [-0.3, -0.25) is 71.6 Å². The third-order valence-electron chi connectivity index (χ3n) is 13.8. The van der Waals surface area contributed by atoms with Gasteiger partial charge < -0.3 is 30.3 Å². The number of pyridine rings is 4. The molecule has 13 aromatic rings. The van der Waals surface area contributed by atoms with Gasteiger partial charge >= 0.3 is 5.97 Å². The number of carboxylic acids is 1. The molecule has 0 bridgehead atoms. The molecule has 13 rings (SSSR count). The van der Waals surface area contributed by atoms with Crippen LogP contribution < -0.4 is 14.5 Å². The van der Waals surface area contributed by atoms with E-state index in [1.165, 1.54) is 57.2 Å². The van der Waals surface area contributed by atoms with E-state index in [4.69, 9.17) is 11.6 Å². The summed E-state index contributed by atoms with van der Waals surface area (Å²) in [5.74, 6) is -8.90. The van der Waals surface area contributed by atoms with Crippen LogP contribution in [0, 0.1) is 124 Å². The Balaban J connectivity index is 0.000000329. The Kier molecular flexibility index (Phi) is 37.9. The second-order valence-corrected chi connectivity index (χ2v) is 24.0. The average Bonchev–Trinajstić information content (AvgIpc) is 1.78. The molecule has 0 aliphatic rings. The molecule has 110 heavy (non-hydrogen) atoms. The topological polar surface area (TPSA) is 188 Å². The standard InChI is InChI=1S/C12H8F2NO.C12H8F2N.C11H6F2N.C11H20O2.C10H8F2N2.2C9H5F2N2.C6H5NO2.3Ir/c13-9-1-2-10(11(14)6-9)12-5-8(7-16)3-4-15-12;1-8-4-5-15-12(6-8)10-3-2-9(13)7-11(10)14;12-8-4-5-9(10(13)7-8)11-3-1-2-6-14-11;1-10(2,3)8(12)7-9(13)11(4,5)6;1-13-5-2-6-14(13)10-4-3-8(11)7-9(10)12;2*10-7-2-3-9(8(11)6-7)13-5-1-4-12-13;8-6(9)5-3-1-2-4-7-5;;;/h1,3-6,16H,7H2;2,4-7H,1H3;1-4,6-7H;7H2,1-6H3;2-3,5-7H,1H3;2*1-2,4-6H;1-4H,(H,8,9);;;/q3*-1;;;2*-1;;;;/i;1D;;;;;;;;;. The van der Waals surface area contributed by atoms with Crippen LogP contribution in [0.5, 0.6) is 0 Å². The smallest absolute Gasteiger partial charge is 0.354 e. The first-order valence-corrected chi connectivity index (χ1v) is 31.4. The molecule has 2 N–H and O–H groups in total. The van der Waals surface area contributed by atoms with E-state index in [9.17, 15) is 67.1 Å². The minimum atomic E-state index is -0.990. The predicted octanol–water partition coefficient (Wildman–Crippen LogP) is 16.0. The average molecular weight is 2050 g/mol. The zero-order valence-electron chi connectivity index (χ0n) is 60.0.